The lowest BCUT2D eigenvalue weighted by Crippen LogP contribution is -2.03. The number of nitriles is 1. The van der Waals surface area contributed by atoms with Crippen molar-refractivity contribution < 1.29 is 4.74 Å². The largest absolute Gasteiger partial charge is 0.471 e. The number of ether oxygens (including phenoxy) is 1. The third kappa shape index (κ3) is 3.88. The Hall–Kier alpha value is -0.470. The smallest absolute Gasteiger partial charge is 0.193 e. The number of thiocarbonyl (C=S) groups is 1. The van der Waals surface area contributed by atoms with Crippen LogP contribution in [0.2, 0.25) is 10.0 Å². The quantitative estimate of drug-likeness (QED) is 0.364. The molecule has 0 saturated heterocycles. The fraction of sp³-hybridized carbons (Fsp3) is 0.111. The van der Waals surface area contributed by atoms with E-state index >= 15 is 0 Å². The molecule has 0 unspecified atom stereocenters. The maximum absolute atomic E-state index is 8.29. The lowest BCUT2D eigenvalue weighted by molar-refractivity contribution is 0.394. The van der Waals surface area contributed by atoms with Crippen LogP contribution in [0.1, 0.15) is 5.56 Å². The molecule has 1 aromatic carbocycles. The zero-order valence-electron chi connectivity index (χ0n) is 7.37. The summed E-state index contributed by atoms with van der Waals surface area (Å²) in [6.07, 6.45) is 0. The summed E-state index contributed by atoms with van der Waals surface area (Å²) < 4.78 is 5.13. The van der Waals surface area contributed by atoms with E-state index in [0.717, 1.165) is 11.8 Å². The number of thiocyanates is 1. The minimum absolute atomic E-state index is 0.179. The molecule has 0 bridgehead atoms. The molecule has 0 aliphatic rings. The topological polar surface area (TPSA) is 33.0 Å². The summed E-state index contributed by atoms with van der Waals surface area (Å²) in [5.41, 5.74) is 0.567. The SMILES string of the molecule is N#CSCOC(=S)c1cc(Cl)ccc1Cl. The Bertz CT molecular complexity index is 417. The van der Waals surface area contributed by atoms with Gasteiger partial charge in [-0.1, -0.05) is 23.2 Å². The van der Waals surface area contributed by atoms with Crippen molar-refractivity contribution >= 4 is 52.2 Å². The van der Waals surface area contributed by atoms with Gasteiger partial charge in [0, 0.05) is 10.6 Å². The molecule has 15 heavy (non-hydrogen) atoms. The molecule has 1 rings (SSSR count). The fourth-order valence-electron chi connectivity index (χ4n) is 0.841. The first-order valence-electron chi connectivity index (χ1n) is 3.78. The Balaban J connectivity index is 2.73. The van der Waals surface area contributed by atoms with Gasteiger partial charge < -0.3 is 4.74 Å². The molecule has 1 aromatic rings. The summed E-state index contributed by atoms with van der Waals surface area (Å²) >= 11 is 17.7. The maximum atomic E-state index is 8.29. The number of thioether (sulfide) groups is 1. The van der Waals surface area contributed by atoms with E-state index in [1.807, 2.05) is 5.40 Å². The van der Waals surface area contributed by atoms with Gasteiger partial charge in [-0.05, 0) is 42.2 Å². The van der Waals surface area contributed by atoms with Crippen LogP contribution in [-0.2, 0) is 4.74 Å². The molecule has 0 heterocycles. The van der Waals surface area contributed by atoms with Crippen LogP contribution in [-0.4, -0.2) is 11.0 Å². The average Bonchev–Trinajstić information content (AvgIpc) is 2.22. The van der Waals surface area contributed by atoms with Gasteiger partial charge in [0.1, 0.15) is 11.3 Å². The molecule has 78 valence electrons. The van der Waals surface area contributed by atoms with Gasteiger partial charge in [-0.2, -0.15) is 5.26 Å². The van der Waals surface area contributed by atoms with E-state index in [2.05, 4.69) is 0 Å². The van der Waals surface area contributed by atoms with Crippen molar-refractivity contribution in [1.29, 1.82) is 5.26 Å². The van der Waals surface area contributed by atoms with Gasteiger partial charge in [-0.15, -0.1) is 0 Å². The highest BCUT2D eigenvalue weighted by atomic mass is 35.5. The van der Waals surface area contributed by atoms with E-state index in [1.165, 1.54) is 0 Å². The summed E-state index contributed by atoms with van der Waals surface area (Å²) in [6.45, 7) is 0. The molecule has 0 spiro atoms. The van der Waals surface area contributed by atoms with Crippen molar-refractivity contribution in [1.82, 2.24) is 0 Å². The first kappa shape index (κ1) is 12.6. The van der Waals surface area contributed by atoms with Crippen LogP contribution in [0, 0.1) is 10.7 Å². The van der Waals surface area contributed by atoms with Crippen LogP contribution in [0.15, 0.2) is 18.2 Å². The summed E-state index contributed by atoms with van der Waals surface area (Å²) in [7, 11) is 0. The monoisotopic (exact) mass is 277 g/mol. The lowest BCUT2D eigenvalue weighted by atomic mass is 10.2. The summed E-state index contributed by atoms with van der Waals surface area (Å²) in [4.78, 5) is 0. The van der Waals surface area contributed by atoms with Crippen molar-refractivity contribution in [2.24, 2.45) is 0 Å². The van der Waals surface area contributed by atoms with Gasteiger partial charge in [-0.25, -0.2) is 0 Å². The Morgan fingerprint density at radius 3 is 2.93 bits per heavy atom. The number of hydrogen-bond acceptors (Lipinski definition) is 4. The van der Waals surface area contributed by atoms with Gasteiger partial charge in [-0.3, -0.25) is 0 Å². The standard InChI is InChI=1S/C9H5Cl2NOS2/c10-6-1-2-8(11)7(3-6)9(14)13-5-15-4-12/h1-3H,5H2. The Kier molecular flexibility index (Phi) is 5.20. The molecule has 0 N–H and O–H groups in total. The number of halogens is 2. The van der Waals surface area contributed by atoms with E-state index in [1.54, 1.807) is 18.2 Å². The van der Waals surface area contributed by atoms with Crippen LogP contribution >= 0.6 is 47.2 Å². The van der Waals surface area contributed by atoms with Crippen LogP contribution in [0.5, 0.6) is 0 Å². The van der Waals surface area contributed by atoms with E-state index in [-0.39, 0.29) is 11.0 Å². The van der Waals surface area contributed by atoms with Crippen molar-refractivity contribution in [2.75, 3.05) is 5.94 Å². The molecule has 0 aliphatic carbocycles. The molecule has 0 saturated carbocycles. The molecule has 0 radical (unpaired) electrons. The first-order valence-corrected chi connectivity index (χ1v) is 5.93. The molecule has 0 aromatic heterocycles. The third-order valence-corrected chi connectivity index (χ3v) is 2.73. The normalized spacial score (nSPS) is 9.40. The van der Waals surface area contributed by atoms with E-state index in [9.17, 15) is 0 Å². The van der Waals surface area contributed by atoms with E-state index < -0.39 is 0 Å². The lowest BCUT2D eigenvalue weighted by Gasteiger charge is -2.07. The minimum atomic E-state index is 0.179. The fourth-order valence-corrected chi connectivity index (χ4v) is 1.80. The van der Waals surface area contributed by atoms with Crippen molar-refractivity contribution in [3.05, 3.63) is 33.8 Å². The Labute approximate surface area is 107 Å². The molecular formula is C9H5Cl2NOS2. The van der Waals surface area contributed by atoms with Crippen LogP contribution < -0.4 is 0 Å². The molecule has 0 aliphatic heterocycles. The van der Waals surface area contributed by atoms with Crippen molar-refractivity contribution in [3.63, 3.8) is 0 Å². The van der Waals surface area contributed by atoms with Gasteiger partial charge >= 0.3 is 0 Å². The van der Waals surface area contributed by atoms with Gasteiger partial charge in [0.05, 0.1) is 5.02 Å². The second-order valence-corrected chi connectivity index (χ2v) is 4.33. The average molecular weight is 278 g/mol. The van der Waals surface area contributed by atoms with Gasteiger partial charge in [0.2, 0.25) is 0 Å². The zero-order chi connectivity index (χ0) is 11.3. The van der Waals surface area contributed by atoms with Crippen molar-refractivity contribution in [3.8, 4) is 5.40 Å². The van der Waals surface area contributed by atoms with Crippen LogP contribution in [0.4, 0.5) is 0 Å². The molecule has 0 amide bonds. The van der Waals surface area contributed by atoms with Gasteiger partial charge in [0.15, 0.2) is 5.05 Å². The van der Waals surface area contributed by atoms with E-state index in [4.69, 9.17) is 45.4 Å². The minimum Gasteiger partial charge on any atom is -0.471 e. The Morgan fingerprint density at radius 1 is 1.53 bits per heavy atom. The number of benzene rings is 1. The van der Waals surface area contributed by atoms with Crippen LogP contribution in [0.3, 0.4) is 0 Å². The maximum Gasteiger partial charge on any atom is 0.193 e. The number of rotatable bonds is 3. The molecular weight excluding hydrogens is 273 g/mol. The van der Waals surface area contributed by atoms with Crippen LogP contribution in [0.25, 0.3) is 0 Å². The van der Waals surface area contributed by atoms with Gasteiger partial charge in [0.25, 0.3) is 0 Å². The van der Waals surface area contributed by atoms with Crippen molar-refractivity contribution in [2.45, 2.75) is 0 Å². The summed E-state index contributed by atoms with van der Waals surface area (Å²) in [6, 6.07) is 4.94. The Morgan fingerprint density at radius 2 is 2.27 bits per heavy atom. The predicted molar refractivity (Wildman–Crippen MR) is 67.3 cm³/mol. The van der Waals surface area contributed by atoms with E-state index in [0.29, 0.717) is 15.6 Å². The highest BCUT2D eigenvalue weighted by molar-refractivity contribution is 8.03. The zero-order valence-corrected chi connectivity index (χ0v) is 10.5. The predicted octanol–water partition coefficient (Wildman–Crippen LogP) is 3.86. The summed E-state index contributed by atoms with van der Waals surface area (Å²) in [5.74, 6) is 0.179. The molecule has 0 atom stereocenters. The molecule has 0 fully saturated rings. The number of hydrogen-bond donors (Lipinski definition) is 0. The third-order valence-electron chi connectivity index (χ3n) is 1.46. The second kappa shape index (κ2) is 6.19. The highest BCUT2D eigenvalue weighted by Crippen LogP contribution is 2.22. The summed E-state index contributed by atoms with van der Waals surface area (Å²) in [5, 5.41) is 11.4. The molecule has 6 heteroatoms. The first-order chi connectivity index (χ1) is 7.15. The highest BCUT2D eigenvalue weighted by Gasteiger charge is 2.08. The molecule has 2 nitrogen and oxygen atoms in total. The number of nitrogens with zero attached hydrogens (tertiary/aromatic N) is 1. The second-order valence-electron chi connectivity index (χ2n) is 2.41.